The van der Waals surface area contributed by atoms with E-state index in [0.717, 1.165) is 0 Å². The van der Waals surface area contributed by atoms with Crippen molar-refractivity contribution in [1.82, 2.24) is 0 Å². The maximum absolute atomic E-state index is 2.30. The molecule has 2 heterocycles. The van der Waals surface area contributed by atoms with Gasteiger partial charge in [-0.05, 0) is 35.2 Å². The summed E-state index contributed by atoms with van der Waals surface area (Å²) < 4.78 is 0. The fourth-order valence-electron chi connectivity index (χ4n) is 2.93. The van der Waals surface area contributed by atoms with Crippen molar-refractivity contribution >= 4 is 34.4 Å². The minimum absolute atomic E-state index is 1.26. The van der Waals surface area contributed by atoms with Gasteiger partial charge in [0.2, 0.25) is 0 Å². The number of fused-ring (bicyclic) bond motifs is 2. The summed E-state index contributed by atoms with van der Waals surface area (Å²) in [4.78, 5) is 3.57. The van der Waals surface area contributed by atoms with Crippen molar-refractivity contribution in [3.05, 3.63) is 82.0 Å². The first-order chi connectivity index (χ1) is 10.3. The molecule has 2 heteroatoms. The van der Waals surface area contributed by atoms with Crippen LogP contribution in [0.15, 0.2) is 66.0 Å². The molecule has 0 atom stereocenters. The predicted octanol–water partition coefficient (Wildman–Crippen LogP) is 5.42. The lowest BCUT2D eigenvalue weighted by molar-refractivity contribution is 1.17. The van der Waals surface area contributed by atoms with Crippen LogP contribution in [-0.2, 0) is 0 Å². The fourth-order valence-corrected chi connectivity index (χ4v) is 3.59. The highest BCUT2D eigenvalue weighted by Gasteiger charge is 2.23. The van der Waals surface area contributed by atoms with Crippen molar-refractivity contribution in [3.63, 3.8) is 0 Å². The van der Waals surface area contributed by atoms with Gasteiger partial charge in [0.15, 0.2) is 0 Å². The molecule has 102 valence electrons. The summed E-state index contributed by atoms with van der Waals surface area (Å²) in [7, 11) is 2.14. The molecule has 0 saturated carbocycles. The van der Waals surface area contributed by atoms with Gasteiger partial charge in [0.05, 0.1) is 0 Å². The van der Waals surface area contributed by atoms with E-state index in [4.69, 9.17) is 0 Å². The molecule has 4 rings (SSSR count). The van der Waals surface area contributed by atoms with Crippen LogP contribution in [0.25, 0.3) is 11.6 Å². The van der Waals surface area contributed by atoms with Crippen LogP contribution >= 0.6 is 11.3 Å². The van der Waals surface area contributed by atoms with E-state index < -0.39 is 0 Å². The molecule has 1 nitrogen and oxygen atoms in total. The second-order valence-electron chi connectivity index (χ2n) is 5.17. The second kappa shape index (κ2) is 4.90. The minimum Gasteiger partial charge on any atom is -0.344 e. The number of nitrogens with zero attached hydrogens (tertiary/aromatic N) is 1. The van der Waals surface area contributed by atoms with Gasteiger partial charge >= 0.3 is 0 Å². The Hall–Kier alpha value is -2.32. The first-order valence-corrected chi connectivity index (χ1v) is 7.90. The molecule has 0 amide bonds. The zero-order chi connectivity index (χ0) is 14.2. The molecule has 21 heavy (non-hydrogen) atoms. The van der Waals surface area contributed by atoms with Crippen molar-refractivity contribution in [3.8, 4) is 0 Å². The van der Waals surface area contributed by atoms with E-state index in [1.54, 1.807) is 11.3 Å². The van der Waals surface area contributed by atoms with Crippen molar-refractivity contribution in [1.29, 1.82) is 0 Å². The van der Waals surface area contributed by atoms with Crippen LogP contribution in [0, 0.1) is 0 Å². The van der Waals surface area contributed by atoms with Gasteiger partial charge in [-0.2, -0.15) is 0 Å². The molecule has 0 N–H and O–H groups in total. The van der Waals surface area contributed by atoms with Crippen LogP contribution in [0.1, 0.15) is 16.0 Å². The van der Waals surface area contributed by atoms with Gasteiger partial charge < -0.3 is 4.90 Å². The van der Waals surface area contributed by atoms with Crippen LogP contribution in [-0.4, -0.2) is 7.05 Å². The summed E-state index contributed by atoms with van der Waals surface area (Å²) in [5, 5.41) is 2.12. The first kappa shape index (κ1) is 12.4. The Balaban J connectivity index is 2.01. The number of thiophene rings is 1. The maximum atomic E-state index is 2.30. The summed E-state index contributed by atoms with van der Waals surface area (Å²) in [6.45, 7) is 0. The predicted molar refractivity (Wildman–Crippen MR) is 92.2 cm³/mol. The lowest BCUT2D eigenvalue weighted by Crippen LogP contribution is -2.17. The number of hydrogen-bond acceptors (Lipinski definition) is 2. The number of hydrogen-bond donors (Lipinski definition) is 0. The van der Waals surface area contributed by atoms with Crippen molar-refractivity contribution in [2.45, 2.75) is 0 Å². The van der Waals surface area contributed by atoms with Crippen molar-refractivity contribution in [2.75, 3.05) is 11.9 Å². The highest BCUT2D eigenvalue weighted by molar-refractivity contribution is 7.10. The third kappa shape index (κ3) is 1.99. The quantitative estimate of drug-likeness (QED) is 0.578. The Morgan fingerprint density at radius 1 is 0.810 bits per heavy atom. The monoisotopic (exact) mass is 289 g/mol. The number of anilines is 2. The second-order valence-corrected chi connectivity index (χ2v) is 6.15. The maximum Gasteiger partial charge on any atom is 0.0488 e. The largest absolute Gasteiger partial charge is 0.344 e. The molecule has 1 aromatic heterocycles. The van der Waals surface area contributed by atoms with Crippen LogP contribution in [0.3, 0.4) is 0 Å². The van der Waals surface area contributed by atoms with E-state index >= 15 is 0 Å². The standard InChI is InChI=1S/C19H15NS/c1-20-18-10-4-2-8-15(18)17(13-14-7-6-12-21-14)16-9-3-5-11-19(16)20/h2-13H,1H3. The number of rotatable bonds is 1. The van der Waals surface area contributed by atoms with Crippen molar-refractivity contribution in [2.24, 2.45) is 0 Å². The lowest BCUT2D eigenvalue weighted by atomic mass is 9.90. The average Bonchev–Trinajstić information content (AvgIpc) is 3.04. The van der Waals surface area contributed by atoms with E-state index in [2.05, 4.69) is 84.1 Å². The molecule has 3 aromatic rings. The van der Waals surface area contributed by atoms with Crippen LogP contribution < -0.4 is 4.90 Å². The summed E-state index contributed by atoms with van der Waals surface area (Å²) in [5.41, 5.74) is 6.43. The third-order valence-electron chi connectivity index (χ3n) is 3.94. The summed E-state index contributed by atoms with van der Waals surface area (Å²) in [5.74, 6) is 0. The topological polar surface area (TPSA) is 3.24 Å². The summed E-state index contributed by atoms with van der Waals surface area (Å²) in [6, 6.07) is 21.5. The van der Waals surface area contributed by atoms with Gasteiger partial charge in [-0.1, -0.05) is 42.5 Å². The number of para-hydroxylation sites is 2. The lowest BCUT2D eigenvalue weighted by Gasteiger charge is -2.31. The van der Waals surface area contributed by atoms with E-state index in [-0.39, 0.29) is 0 Å². The van der Waals surface area contributed by atoms with Gasteiger partial charge in [0.25, 0.3) is 0 Å². The molecular weight excluding hydrogens is 274 g/mol. The van der Waals surface area contributed by atoms with E-state index in [0.29, 0.717) is 0 Å². The van der Waals surface area contributed by atoms with Crippen molar-refractivity contribution < 1.29 is 0 Å². The fraction of sp³-hybridized carbons (Fsp3) is 0.0526. The molecule has 0 radical (unpaired) electrons. The third-order valence-corrected chi connectivity index (χ3v) is 4.76. The van der Waals surface area contributed by atoms with Gasteiger partial charge in [0.1, 0.15) is 0 Å². The normalized spacial score (nSPS) is 12.8. The Morgan fingerprint density at radius 2 is 1.43 bits per heavy atom. The SMILES string of the molecule is CN1c2ccccc2C(=Cc2cccs2)c2ccccc21. The van der Waals surface area contributed by atoms with E-state index in [1.807, 2.05) is 0 Å². The highest BCUT2D eigenvalue weighted by Crippen LogP contribution is 2.44. The molecule has 1 aliphatic rings. The van der Waals surface area contributed by atoms with Gasteiger partial charge in [0, 0.05) is 34.4 Å². The minimum atomic E-state index is 1.26. The van der Waals surface area contributed by atoms with Gasteiger partial charge in [-0.15, -0.1) is 11.3 Å². The molecule has 0 saturated heterocycles. The molecular formula is C19H15NS. The first-order valence-electron chi connectivity index (χ1n) is 7.02. The summed E-state index contributed by atoms with van der Waals surface area (Å²) >= 11 is 1.78. The zero-order valence-corrected chi connectivity index (χ0v) is 12.6. The Kier molecular flexibility index (Phi) is 2.90. The van der Waals surface area contributed by atoms with E-state index in [1.165, 1.54) is 33.0 Å². The van der Waals surface area contributed by atoms with Crippen LogP contribution in [0.2, 0.25) is 0 Å². The molecule has 2 aromatic carbocycles. The molecule has 0 spiro atoms. The smallest absolute Gasteiger partial charge is 0.0488 e. The average molecular weight is 289 g/mol. The van der Waals surface area contributed by atoms with E-state index in [9.17, 15) is 0 Å². The van der Waals surface area contributed by atoms with Gasteiger partial charge in [-0.25, -0.2) is 0 Å². The Bertz CT molecular complexity index is 766. The Morgan fingerprint density at radius 3 is 2.00 bits per heavy atom. The van der Waals surface area contributed by atoms with Crippen LogP contribution in [0.5, 0.6) is 0 Å². The summed E-state index contributed by atoms with van der Waals surface area (Å²) in [6.07, 6.45) is 2.30. The van der Waals surface area contributed by atoms with Gasteiger partial charge in [-0.3, -0.25) is 0 Å². The molecule has 0 bridgehead atoms. The number of benzene rings is 2. The molecule has 1 aliphatic heterocycles. The molecule has 0 unspecified atom stereocenters. The highest BCUT2D eigenvalue weighted by atomic mass is 32.1. The Labute approximate surface area is 128 Å². The molecule has 0 aliphatic carbocycles. The molecule has 0 fully saturated rings. The zero-order valence-electron chi connectivity index (χ0n) is 11.8. The van der Waals surface area contributed by atoms with Crippen LogP contribution in [0.4, 0.5) is 11.4 Å².